The number of likely N-dealkylation sites (tertiary alicyclic amines) is 1. The van der Waals surface area contributed by atoms with E-state index in [-0.39, 0.29) is 31.3 Å². The Hall–Kier alpha value is -1.59. The van der Waals surface area contributed by atoms with Gasteiger partial charge in [0.25, 0.3) is 0 Å². The number of nitrogens with zero attached hydrogens (tertiary/aromatic N) is 1. The van der Waals surface area contributed by atoms with E-state index in [0.717, 1.165) is 6.42 Å². The topological polar surface area (TPSA) is 83.9 Å². The summed E-state index contributed by atoms with van der Waals surface area (Å²) in [7, 11) is 0. The van der Waals surface area contributed by atoms with Crippen LogP contribution >= 0.6 is 0 Å². The largest absolute Gasteiger partial charge is 0.466 e. The van der Waals surface area contributed by atoms with Gasteiger partial charge in [-0.25, -0.2) is 4.79 Å². The summed E-state index contributed by atoms with van der Waals surface area (Å²) >= 11 is 0. The number of amides is 1. The zero-order valence-electron chi connectivity index (χ0n) is 9.85. The van der Waals surface area contributed by atoms with E-state index in [9.17, 15) is 14.4 Å². The Bertz CT molecular complexity index is 315. The molecule has 6 nitrogen and oxygen atoms in total. The van der Waals surface area contributed by atoms with Crippen LogP contribution in [-0.4, -0.2) is 47.0 Å². The average molecular weight is 243 g/mol. The summed E-state index contributed by atoms with van der Waals surface area (Å²) in [6.07, 6.45) is 0.282. The zero-order chi connectivity index (χ0) is 12.8. The first-order valence-electron chi connectivity index (χ1n) is 5.71. The van der Waals surface area contributed by atoms with Crippen LogP contribution in [0.15, 0.2) is 0 Å². The molecule has 1 rings (SSSR count). The van der Waals surface area contributed by atoms with Crippen molar-refractivity contribution in [2.24, 2.45) is 0 Å². The van der Waals surface area contributed by atoms with Crippen molar-refractivity contribution in [3.05, 3.63) is 0 Å². The molecule has 0 saturated carbocycles. The van der Waals surface area contributed by atoms with Crippen LogP contribution < -0.4 is 0 Å². The summed E-state index contributed by atoms with van der Waals surface area (Å²) in [5.41, 5.74) is 0. The molecule has 1 amide bonds. The fourth-order valence-corrected chi connectivity index (χ4v) is 2.01. The fraction of sp³-hybridized carbons (Fsp3) is 0.727. The van der Waals surface area contributed by atoms with E-state index >= 15 is 0 Å². The predicted octanol–water partition coefficient (Wildman–Crippen LogP) is 1.04. The van der Waals surface area contributed by atoms with Gasteiger partial charge in [-0.1, -0.05) is 0 Å². The van der Waals surface area contributed by atoms with Crippen LogP contribution in [0.5, 0.6) is 0 Å². The molecule has 6 heteroatoms. The molecule has 1 N–H and O–H groups in total. The van der Waals surface area contributed by atoms with Gasteiger partial charge in [0.15, 0.2) is 0 Å². The van der Waals surface area contributed by atoms with Crippen LogP contribution in [0.4, 0.5) is 4.79 Å². The molecule has 1 saturated heterocycles. The summed E-state index contributed by atoms with van der Waals surface area (Å²) < 4.78 is 4.66. The summed E-state index contributed by atoms with van der Waals surface area (Å²) in [5.74, 6) is -0.807. The number of ether oxygens (including phenoxy) is 1. The Morgan fingerprint density at radius 3 is 2.71 bits per heavy atom. The molecule has 0 aromatic carbocycles. The van der Waals surface area contributed by atoms with Crippen molar-refractivity contribution in [2.45, 2.75) is 38.6 Å². The van der Waals surface area contributed by atoms with Crippen molar-refractivity contribution >= 4 is 17.8 Å². The molecular weight excluding hydrogens is 226 g/mol. The molecule has 1 heterocycles. The Labute approximate surface area is 99.5 Å². The van der Waals surface area contributed by atoms with Gasteiger partial charge in [-0.2, -0.15) is 0 Å². The minimum Gasteiger partial charge on any atom is -0.466 e. The number of hydrogen-bond acceptors (Lipinski definition) is 4. The number of ketones is 1. The molecular formula is C11H17NO5. The number of rotatable bonds is 5. The first-order valence-corrected chi connectivity index (χ1v) is 5.71. The normalized spacial score (nSPS) is 19.1. The van der Waals surface area contributed by atoms with Gasteiger partial charge in [0.1, 0.15) is 12.2 Å². The third-order valence-corrected chi connectivity index (χ3v) is 2.73. The summed E-state index contributed by atoms with van der Waals surface area (Å²) in [6, 6.07) is -0.283. The molecule has 1 atom stereocenters. The number of carboxylic acid groups (broad SMARTS) is 1. The third kappa shape index (κ3) is 4.05. The monoisotopic (exact) mass is 243 g/mol. The first-order chi connectivity index (χ1) is 8.04. The van der Waals surface area contributed by atoms with Crippen molar-refractivity contribution in [1.82, 2.24) is 4.90 Å². The summed E-state index contributed by atoms with van der Waals surface area (Å²) in [6.45, 7) is 2.38. The van der Waals surface area contributed by atoms with Crippen molar-refractivity contribution in [3.63, 3.8) is 0 Å². The maximum absolute atomic E-state index is 11.5. The van der Waals surface area contributed by atoms with E-state index in [1.807, 2.05) is 0 Å². The molecule has 17 heavy (non-hydrogen) atoms. The number of Topliss-reactive ketones (excluding diaryl/α,β-unsaturated/α-hetero) is 1. The van der Waals surface area contributed by atoms with E-state index in [1.54, 1.807) is 6.92 Å². The van der Waals surface area contributed by atoms with Crippen LogP contribution in [0.1, 0.15) is 32.6 Å². The van der Waals surface area contributed by atoms with Gasteiger partial charge in [0.2, 0.25) is 0 Å². The zero-order valence-corrected chi connectivity index (χ0v) is 9.85. The first kappa shape index (κ1) is 13.5. The van der Waals surface area contributed by atoms with Crippen LogP contribution in [0.25, 0.3) is 0 Å². The van der Waals surface area contributed by atoms with E-state index in [4.69, 9.17) is 5.11 Å². The van der Waals surface area contributed by atoms with Gasteiger partial charge in [0.05, 0.1) is 6.61 Å². The minimum absolute atomic E-state index is 0.102. The fourth-order valence-electron chi connectivity index (χ4n) is 2.01. The third-order valence-electron chi connectivity index (χ3n) is 2.73. The van der Waals surface area contributed by atoms with Crippen molar-refractivity contribution in [1.29, 1.82) is 0 Å². The lowest BCUT2D eigenvalue weighted by molar-refractivity contribution is -0.145. The highest BCUT2D eigenvalue weighted by Gasteiger charge is 2.30. The predicted molar refractivity (Wildman–Crippen MR) is 58.6 cm³/mol. The van der Waals surface area contributed by atoms with Crippen LogP contribution in [-0.2, 0) is 14.3 Å². The summed E-state index contributed by atoms with van der Waals surface area (Å²) in [5, 5.41) is 8.89. The SMILES string of the molecule is CCOC(=O)CC(=O)CC1CCCN1C(=O)O. The maximum atomic E-state index is 11.5. The Morgan fingerprint density at radius 1 is 1.41 bits per heavy atom. The van der Waals surface area contributed by atoms with Crippen LogP contribution in [0.3, 0.4) is 0 Å². The second kappa shape index (κ2) is 6.22. The highest BCUT2D eigenvalue weighted by atomic mass is 16.5. The molecule has 0 radical (unpaired) electrons. The second-order valence-electron chi connectivity index (χ2n) is 4.00. The lowest BCUT2D eigenvalue weighted by Crippen LogP contribution is -2.35. The van der Waals surface area contributed by atoms with Crippen LogP contribution in [0.2, 0.25) is 0 Å². The van der Waals surface area contributed by atoms with E-state index in [1.165, 1.54) is 4.90 Å². The van der Waals surface area contributed by atoms with Gasteiger partial charge < -0.3 is 14.7 Å². The smallest absolute Gasteiger partial charge is 0.407 e. The molecule has 0 spiro atoms. The molecule has 1 unspecified atom stereocenters. The molecule has 96 valence electrons. The van der Waals surface area contributed by atoms with Gasteiger partial charge in [-0.15, -0.1) is 0 Å². The number of carbonyl (C=O) groups excluding carboxylic acids is 2. The lowest BCUT2D eigenvalue weighted by atomic mass is 10.1. The Kier molecular flexibility index (Phi) is 4.93. The van der Waals surface area contributed by atoms with Gasteiger partial charge in [-0.3, -0.25) is 9.59 Å². The standard InChI is InChI=1S/C11H17NO5/c1-2-17-10(14)7-9(13)6-8-4-3-5-12(8)11(15)16/h8H,2-7H2,1H3,(H,15,16). The van der Waals surface area contributed by atoms with Gasteiger partial charge in [-0.05, 0) is 19.8 Å². The molecule has 1 fully saturated rings. The Morgan fingerprint density at radius 2 is 2.12 bits per heavy atom. The second-order valence-corrected chi connectivity index (χ2v) is 4.00. The maximum Gasteiger partial charge on any atom is 0.407 e. The Balaban J connectivity index is 2.40. The molecule has 0 aromatic heterocycles. The minimum atomic E-state index is -1.00. The van der Waals surface area contributed by atoms with E-state index in [2.05, 4.69) is 4.74 Å². The highest BCUT2D eigenvalue weighted by Crippen LogP contribution is 2.20. The summed E-state index contributed by atoms with van der Waals surface area (Å²) in [4.78, 5) is 34.7. The lowest BCUT2D eigenvalue weighted by Gasteiger charge is -2.20. The van der Waals surface area contributed by atoms with E-state index < -0.39 is 12.1 Å². The molecule has 0 aliphatic carbocycles. The van der Waals surface area contributed by atoms with Crippen molar-refractivity contribution in [2.75, 3.05) is 13.2 Å². The van der Waals surface area contributed by atoms with Crippen LogP contribution in [0, 0.1) is 0 Å². The van der Waals surface area contributed by atoms with Crippen molar-refractivity contribution < 1.29 is 24.2 Å². The highest BCUT2D eigenvalue weighted by molar-refractivity contribution is 5.95. The van der Waals surface area contributed by atoms with Crippen molar-refractivity contribution in [3.8, 4) is 0 Å². The van der Waals surface area contributed by atoms with Gasteiger partial charge in [0, 0.05) is 19.0 Å². The number of hydrogen-bond donors (Lipinski definition) is 1. The van der Waals surface area contributed by atoms with Gasteiger partial charge >= 0.3 is 12.1 Å². The number of carbonyl (C=O) groups is 3. The molecule has 0 bridgehead atoms. The molecule has 0 aromatic rings. The quantitative estimate of drug-likeness (QED) is 0.576. The molecule has 1 aliphatic heterocycles. The van der Waals surface area contributed by atoms with E-state index in [0.29, 0.717) is 13.0 Å². The average Bonchev–Trinajstić information content (AvgIpc) is 2.65. The number of esters is 1. The molecule has 1 aliphatic rings.